The summed E-state index contributed by atoms with van der Waals surface area (Å²) < 4.78 is 2.62. The van der Waals surface area contributed by atoms with Crippen LogP contribution in [0.3, 0.4) is 0 Å². The lowest BCUT2D eigenvalue weighted by Gasteiger charge is -2.44. The second kappa shape index (κ2) is 20.5. The van der Waals surface area contributed by atoms with Crippen molar-refractivity contribution in [3.63, 3.8) is 0 Å². The van der Waals surface area contributed by atoms with Crippen LogP contribution in [-0.4, -0.2) is 113 Å². The number of H-pyrrole nitrogens is 2. The van der Waals surface area contributed by atoms with E-state index in [1.807, 2.05) is 15.9 Å². The van der Waals surface area contributed by atoms with E-state index in [9.17, 15) is 24.0 Å². The average Bonchev–Trinajstić information content (AvgIpc) is 4.16. The van der Waals surface area contributed by atoms with Gasteiger partial charge in [-0.3, -0.25) is 19.3 Å². The lowest BCUT2D eigenvalue weighted by molar-refractivity contribution is -0.115. The number of likely N-dealkylation sites (tertiary alicyclic amines) is 3. The van der Waals surface area contributed by atoms with Crippen molar-refractivity contribution >= 4 is 110 Å². The molecule has 10 rings (SSSR count). The number of aldehydes is 1. The van der Waals surface area contributed by atoms with Gasteiger partial charge in [-0.1, -0.05) is 59.2 Å². The fourth-order valence-corrected chi connectivity index (χ4v) is 11.2. The van der Waals surface area contributed by atoms with Gasteiger partial charge in [-0.15, -0.1) is 10.2 Å². The Labute approximate surface area is 407 Å². The molecular weight excluding hydrogens is 940 g/mol. The van der Waals surface area contributed by atoms with Crippen molar-refractivity contribution in [3.05, 3.63) is 92.4 Å². The summed E-state index contributed by atoms with van der Waals surface area (Å²) in [4.78, 5) is 70.6. The number of aromatic nitrogens is 6. The molecule has 16 nitrogen and oxygen atoms in total. The first-order chi connectivity index (χ1) is 32.1. The maximum atomic E-state index is 12.9. The molecule has 0 bridgehead atoms. The summed E-state index contributed by atoms with van der Waals surface area (Å²) in [6, 6.07) is 13.9. The summed E-state index contributed by atoms with van der Waals surface area (Å²) in [5.74, 6) is 0.397. The topological polar surface area (TPSA) is 186 Å². The van der Waals surface area contributed by atoms with E-state index in [0.29, 0.717) is 55.9 Å². The van der Waals surface area contributed by atoms with Gasteiger partial charge in [0.2, 0.25) is 11.8 Å². The standard InChI is InChI=1S/C23H26Cl2N6O2.C15H22N4O2.C9H5Cl2NO/c1-15(32)26-20-3-8-31(28-20)22(33)29-9-5-23(6-10-29)4-2-7-30(23)14-18-12-16-11-17(24)13-19(25)21(16)27-18;1-12(20)16-13-4-9-19(17-13)14(21)18-10-7-15(8-11-18)5-2-3-6-15;10-6-1-5-2-7(4-13)12-9(5)8(11)3-6/h3,8,11-13,27H,2,4-7,9-10,14H2,1H3,(H,26,28,32);4,9H,2-3,5-8,10-11H2,1H3,(H,16,17,20);1-4,12H. The van der Waals surface area contributed by atoms with Crippen molar-refractivity contribution in [1.82, 2.24) is 44.2 Å². The van der Waals surface area contributed by atoms with Crippen LogP contribution in [-0.2, 0) is 16.1 Å². The van der Waals surface area contributed by atoms with Crippen molar-refractivity contribution in [2.45, 2.75) is 90.1 Å². The van der Waals surface area contributed by atoms with Gasteiger partial charge in [0.15, 0.2) is 17.9 Å². The van der Waals surface area contributed by atoms with Crippen molar-refractivity contribution in [2.75, 3.05) is 43.4 Å². The molecule has 2 aromatic carbocycles. The van der Waals surface area contributed by atoms with Gasteiger partial charge in [0.25, 0.3) is 0 Å². The predicted octanol–water partition coefficient (Wildman–Crippen LogP) is 10.5. The van der Waals surface area contributed by atoms with E-state index >= 15 is 0 Å². The summed E-state index contributed by atoms with van der Waals surface area (Å²) in [7, 11) is 0. The second-order valence-electron chi connectivity index (χ2n) is 18.0. The second-order valence-corrected chi connectivity index (χ2v) is 19.7. The molecule has 0 atom stereocenters. The highest BCUT2D eigenvalue weighted by Gasteiger charge is 2.44. The van der Waals surface area contributed by atoms with Crippen LogP contribution in [0.1, 0.15) is 94.2 Å². The number of hydrogen-bond acceptors (Lipinski definition) is 8. The van der Waals surface area contributed by atoms with Crippen molar-refractivity contribution in [3.8, 4) is 0 Å². The van der Waals surface area contributed by atoms with E-state index in [1.54, 1.807) is 48.8 Å². The molecule has 0 unspecified atom stereocenters. The Bertz CT molecular complexity index is 2790. The van der Waals surface area contributed by atoms with Crippen LogP contribution in [0.5, 0.6) is 0 Å². The Kier molecular flexibility index (Phi) is 14.7. The highest BCUT2D eigenvalue weighted by molar-refractivity contribution is 6.39. The lowest BCUT2D eigenvalue weighted by Crippen LogP contribution is -2.53. The number of nitrogens with one attached hydrogen (secondary N) is 4. The van der Waals surface area contributed by atoms with E-state index in [2.05, 4.69) is 41.8 Å². The molecule has 2 spiro atoms. The van der Waals surface area contributed by atoms with E-state index < -0.39 is 0 Å². The van der Waals surface area contributed by atoms with Gasteiger partial charge in [0, 0.05) is 103 Å². The molecule has 354 valence electrons. The molecule has 1 saturated carbocycles. The number of benzene rings is 2. The SMILES string of the molecule is CC(=O)Nc1ccn(C(=O)N2CCC3(CCCC3)CC2)n1.CC(=O)Nc1ccn(C(=O)N2CCC3(CCCN3Cc3cc4cc(Cl)cc(Cl)c4[nH]3)CC2)n1.O=Cc1cc2cc(Cl)cc(Cl)c2[nH]1. The molecule has 4 amide bonds. The summed E-state index contributed by atoms with van der Waals surface area (Å²) in [6.07, 6.45) is 15.6. The number of aromatic amines is 2. The van der Waals surface area contributed by atoms with Gasteiger partial charge in [-0.05, 0) is 99.7 Å². The first-order valence-electron chi connectivity index (χ1n) is 22.5. The van der Waals surface area contributed by atoms with E-state index in [4.69, 9.17) is 46.4 Å². The Balaban J connectivity index is 0.000000152. The first-order valence-corrected chi connectivity index (χ1v) is 24.0. The van der Waals surface area contributed by atoms with Crippen LogP contribution in [0.15, 0.2) is 60.9 Å². The fraction of sp³-hybridized carbons (Fsp3) is 0.426. The van der Waals surface area contributed by atoms with Crippen molar-refractivity contribution in [1.29, 1.82) is 0 Å². The molecule has 67 heavy (non-hydrogen) atoms. The van der Waals surface area contributed by atoms with Gasteiger partial charge < -0.3 is 30.4 Å². The van der Waals surface area contributed by atoms with Gasteiger partial charge in [-0.2, -0.15) is 9.36 Å². The maximum absolute atomic E-state index is 12.9. The lowest BCUT2D eigenvalue weighted by atomic mass is 9.77. The number of anilines is 2. The number of carbonyl (C=O) groups is 5. The zero-order chi connectivity index (χ0) is 47.5. The summed E-state index contributed by atoms with van der Waals surface area (Å²) >= 11 is 24.2. The third-order valence-corrected chi connectivity index (χ3v) is 14.5. The number of nitrogens with zero attached hydrogens (tertiary/aromatic N) is 7. The molecular formula is C47H53Cl4N11O5. The molecule has 0 radical (unpaired) electrons. The molecule has 6 aromatic rings. The zero-order valence-corrected chi connectivity index (χ0v) is 40.4. The molecule has 20 heteroatoms. The van der Waals surface area contributed by atoms with Crippen LogP contribution in [0, 0.1) is 5.41 Å². The van der Waals surface area contributed by atoms with Gasteiger partial charge in [0.1, 0.15) is 0 Å². The minimum Gasteiger partial charge on any atom is -0.356 e. The Morgan fingerprint density at radius 1 is 0.642 bits per heavy atom. The largest absolute Gasteiger partial charge is 0.356 e. The molecule has 4 aliphatic rings. The van der Waals surface area contributed by atoms with Crippen LogP contribution >= 0.6 is 46.4 Å². The van der Waals surface area contributed by atoms with Crippen molar-refractivity contribution < 1.29 is 24.0 Å². The average molecular weight is 994 g/mol. The van der Waals surface area contributed by atoms with Crippen molar-refractivity contribution in [2.24, 2.45) is 5.41 Å². The quantitative estimate of drug-likeness (QED) is 0.123. The Morgan fingerprint density at radius 2 is 1.15 bits per heavy atom. The monoisotopic (exact) mass is 991 g/mol. The molecule has 4 N–H and O–H groups in total. The first kappa shape index (κ1) is 48.1. The number of rotatable bonds is 5. The number of piperidine rings is 2. The highest BCUT2D eigenvalue weighted by Crippen LogP contribution is 2.46. The molecule has 3 saturated heterocycles. The summed E-state index contributed by atoms with van der Waals surface area (Å²) in [6.45, 7) is 7.68. The van der Waals surface area contributed by atoms with Crippen LogP contribution in [0.4, 0.5) is 21.2 Å². The van der Waals surface area contributed by atoms with Gasteiger partial charge in [-0.25, -0.2) is 9.59 Å². The number of halogens is 4. The minimum absolute atomic E-state index is 0.0977. The van der Waals surface area contributed by atoms with Gasteiger partial charge in [0.05, 0.1) is 26.8 Å². The number of hydrogen-bond donors (Lipinski definition) is 4. The molecule has 7 heterocycles. The Hall–Kier alpha value is -5.39. The normalized spacial score (nSPS) is 17.6. The molecule has 4 fully saturated rings. The van der Waals surface area contributed by atoms with E-state index in [0.717, 1.165) is 98.5 Å². The predicted molar refractivity (Wildman–Crippen MR) is 262 cm³/mol. The summed E-state index contributed by atoms with van der Waals surface area (Å²) in [5, 5.41) is 17.7. The van der Waals surface area contributed by atoms with Crippen LogP contribution in [0.2, 0.25) is 20.1 Å². The molecule has 3 aliphatic heterocycles. The minimum atomic E-state index is -0.214. The number of carbonyl (C=O) groups excluding carboxylic acids is 5. The smallest absolute Gasteiger partial charge is 0.344 e. The van der Waals surface area contributed by atoms with Crippen LogP contribution < -0.4 is 10.6 Å². The van der Waals surface area contributed by atoms with E-state index in [1.165, 1.54) is 48.9 Å². The number of amides is 4. The highest BCUT2D eigenvalue weighted by atomic mass is 35.5. The third-order valence-electron chi connectivity index (χ3n) is 13.5. The fourth-order valence-electron chi connectivity index (χ4n) is 10.1. The zero-order valence-electron chi connectivity index (χ0n) is 37.3. The third kappa shape index (κ3) is 11.2. The summed E-state index contributed by atoms with van der Waals surface area (Å²) in [5.41, 5.74) is 3.88. The van der Waals surface area contributed by atoms with Gasteiger partial charge >= 0.3 is 12.1 Å². The van der Waals surface area contributed by atoms with E-state index in [-0.39, 0.29) is 29.4 Å². The molecule has 4 aromatic heterocycles. The maximum Gasteiger partial charge on any atom is 0.344 e. The van der Waals surface area contributed by atoms with Crippen LogP contribution in [0.25, 0.3) is 21.8 Å². The number of fused-ring (bicyclic) bond motifs is 2. The Morgan fingerprint density at radius 3 is 1.67 bits per heavy atom. The molecule has 1 aliphatic carbocycles.